The summed E-state index contributed by atoms with van der Waals surface area (Å²) < 4.78 is 34.4. The first-order valence-electron chi connectivity index (χ1n) is 3.08. The lowest BCUT2D eigenvalue weighted by Gasteiger charge is -2.04. The van der Waals surface area contributed by atoms with Gasteiger partial charge in [-0.3, -0.25) is 0 Å². The van der Waals surface area contributed by atoms with Crippen LogP contribution in [-0.4, -0.2) is 24.4 Å². The zero-order valence-electron chi connectivity index (χ0n) is 5.95. The lowest BCUT2D eigenvalue weighted by atomic mass is 10.6. The Morgan fingerprint density at radius 1 is 1.45 bits per heavy atom. The van der Waals surface area contributed by atoms with Crippen LogP contribution in [0.2, 0.25) is 0 Å². The van der Waals surface area contributed by atoms with Crippen LogP contribution in [0.3, 0.4) is 0 Å². The van der Waals surface area contributed by atoms with Crippen molar-refractivity contribution >= 4 is 11.8 Å². The van der Waals surface area contributed by atoms with E-state index in [2.05, 4.69) is 11.9 Å². The van der Waals surface area contributed by atoms with Crippen LogP contribution in [0.25, 0.3) is 0 Å². The molecule has 0 bridgehead atoms. The maximum atomic E-state index is 11.5. The first-order chi connectivity index (χ1) is 5.06. The lowest BCUT2D eigenvalue weighted by Crippen LogP contribution is -2.18. The van der Waals surface area contributed by atoms with Gasteiger partial charge >= 0.3 is 5.51 Å². The summed E-state index contributed by atoms with van der Waals surface area (Å²) in [6.45, 7) is 4.33. The van der Waals surface area contributed by atoms with Crippen LogP contribution in [-0.2, 0) is 0 Å². The molecule has 0 fully saturated rings. The van der Waals surface area contributed by atoms with Gasteiger partial charge in [-0.2, -0.15) is 13.2 Å². The van der Waals surface area contributed by atoms with Gasteiger partial charge in [0.15, 0.2) is 0 Å². The Labute approximate surface area is 68.0 Å². The quantitative estimate of drug-likeness (QED) is 0.519. The monoisotopic (exact) mass is 185 g/mol. The normalized spacial score (nSPS) is 11.5. The van der Waals surface area contributed by atoms with E-state index in [4.69, 9.17) is 0 Å². The zero-order valence-corrected chi connectivity index (χ0v) is 6.76. The van der Waals surface area contributed by atoms with Crippen molar-refractivity contribution in [2.45, 2.75) is 5.51 Å². The molecule has 0 saturated heterocycles. The minimum Gasteiger partial charge on any atom is -0.312 e. The van der Waals surface area contributed by atoms with E-state index in [1.807, 2.05) is 0 Å². The standard InChI is InChI=1S/C6H10F3NS/c1-2-3-10-4-5-11-6(7,8)9/h2,10H,1,3-5H2. The minimum absolute atomic E-state index is 0.0128. The molecule has 0 aliphatic heterocycles. The highest BCUT2D eigenvalue weighted by Gasteiger charge is 2.27. The second-order valence-electron chi connectivity index (χ2n) is 1.79. The largest absolute Gasteiger partial charge is 0.441 e. The third-order valence-corrected chi connectivity index (χ3v) is 1.57. The molecule has 0 spiro atoms. The van der Waals surface area contributed by atoms with E-state index in [9.17, 15) is 13.2 Å². The van der Waals surface area contributed by atoms with Crippen molar-refractivity contribution < 1.29 is 13.2 Å². The Morgan fingerprint density at radius 3 is 2.55 bits per heavy atom. The second kappa shape index (κ2) is 5.49. The van der Waals surface area contributed by atoms with E-state index in [-0.39, 0.29) is 17.5 Å². The van der Waals surface area contributed by atoms with E-state index >= 15 is 0 Å². The predicted octanol–water partition coefficient (Wildman–Crippen LogP) is 2.02. The highest BCUT2D eigenvalue weighted by Crippen LogP contribution is 2.29. The van der Waals surface area contributed by atoms with Crippen molar-refractivity contribution in [1.29, 1.82) is 0 Å². The van der Waals surface area contributed by atoms with Crippen LogP contribution in [0, 0.1) is 0 Å². The van der Waals surface area contributed by atoms with Crippen molar-refractivity contribution in [3.63, 3.8) is 0 Å². The number of nitrogens with one attached hydrogen (secondary N) is 1. The molecule has 1 N–H and O–H groups in total. The molecule has 66 valence electrons. The van der Waals surface area contributed by atoms with Crippen molar-refractivity contribution in [2.24, 2.45) is 0 Å². The molecule has 0 unspecified atom stereocenters. The number of rotatable bonds is 5. The van der Waals surface area contributed by atoms with Crippen molar-refractivity contribution in [1.82, 2.24) is 5.32 Å². The van der Waals surface area contributed by atoms with Crippen molar-refractivity contribution in [3.8, 4) is 0 Å². The second-order valence-corrected chi connectivity index (χ2v) is 2.95. The van der Waals surface area contributed by atoms with Crippen LogP contribution in [0.15, 0.2) is 12.7 Å². The molecule has 0 aromatic rings. The van der Waals surface area contributed by atoms with Gasteiger partial charge in [0.25, 0.3) is 0 Å². The average molecular weight is 185 g/mol. The molecule has 0 radical (unpaired) electrons. The van der Waals surface area contributed by atoms with Gasteiger partial charge in [0.2, 0.25) is 0 Å². The summed E-state index contributed by atoms with van der Waals surface area (Å²) in [4.78, 5) is 0. The lowest BCUT2D eigenvalue weighted by molar-refractivity contribution is -0.0327. The summed E-state index contributed by atoms with van der Waals surface area (Å²) in [5.74, 6) is 0.0529. The Morgan fingerprint density at radius 2 is 2.09 bits per heavy atom. The highest BCUT2D eigenvalue weighted by molar-refractivity contribution is 8.00. The molecule has 5 heteroatoms. The van der Waals surface area contributed by atoms with Crippen LogP contribution in [0.1, 0.15) is 0 Å². The molecule has 0 aliphatic rings. The molecular weight excluding hydrogens is 175 g/mol. The zero-order chi connectivity index (χ0) is 8.74. The van der Waals surface area contributed by atoms with E-state index in [1.54, 1.807) is 6.08 Å². The highest BCUT2D eigenvalue weighted by atomic mass is 32.2. The Hall–Kier alpha value is -0.160. The first kappa shape index (κ1) is 10.8. The SMILES string of the molecule is C=CCNCCSC(F)(F)F. The maximum Gasteiger partial charge on any atom is 0.441 e. The molecular formula is C6H10F3NS. The van der Waals surface area contributed by atoms with Crippen molar-refractivity contribution in [2.75, 3.05) is 18.8 Å². The molecule has 0 aromatic carbocycles. The third-order valence-electron chi connectivity index (χ3n) is 0.833. The van der Waals surface area contributed by atoms with Crippen LogP contribution < -0.4 is 5.32 Å². The predicted molar refractivity (Wildman–Crippen MR) is 41.6 cm³/mol. The maximum absolute atomic E-state index is 11.5. The van der Waals surface area contributed by atoms with Gasteiger partial charge in [0.1, 0.15) is 0 Å². The Kier molecular flexibility index (Phi) is 5.41. The summed E-state index contributed by atoms with van der Waals surface area (Å²) in [5, 5.41) is 2.77. The van der Waals surface area contributed by atoms with Gasteiger partial charge in [-0.15, -0.1) is 6.58 Å². The Bertz CT molecular complexity index is 113. The summed E-state index contributed by atoms with van der Waals surface area (Å²) >= 11 is -0.0128. The average Bonchev–Trinajstić information content (AvgIpc) is 1.85. The Balaban J connectivity index is 3.08. The van der Waals surface area contributed by atoms with Gasteiger partial charge in [-0.25, -0.2) is 0 Å². The first-order valence-corrected chi connectivity index (χ1v) is 4.07. The van der Waals surface area contributed by atoms with E-state index < -0.39 is 5.51 Å². The fraction of sp³-hybridized carbons (Fsp3) is 0.667. The van der Waals surface area contributed by atoms with Gasteiger partial charge in [0, 0.05) is 18.8 Å². The number of hydrogen-bond acceptors (Lipinski definition) is 2. The third kappa shape index (κ3) is 9.84. The molecule has 0 aliphatic carbocycles. The van der Waals surface area contributed by atoms with Gasteiger partial charge in [0.05, 0.1) is 0 Å². The van der Waals surface area contributed by atoms with Gasteiger partial charge in [-0.1, -0.05) is 6.08 Å². The van der Waals surface area contributed by atoms with E-state index in [0.29, 0.717) is 13.1 Å². The molecule has 0 atom stereocenters. The number of thioether (sulfide) groups is 1. The molecule has 0 saturated carbocycles. The summed E-state index contributed by atoms with van der Waals surface area (Å²) in [6.07, 6.45) is 1.61. The van der Waals surface area contributed by atoms with Gasteiger partial charge in [-0.05, 0) is 11.8 Å². The molecule has 11 heavy (non-hydrogen) atoms. The van der Waals surface area contributed by atoms with E-state index in [0.717, 1.165) is 0 Å². The van der Waals surface area contributed by atoms with Crippen LogP contribution in [0.5, 0.6) is 0 Å². The fourth-order valence-corrected chi connectivity index (χ4v) is 0.921. The molecule has 0 amide bonds. The number of alkyl halides is 3. The summed E-state index contributed by atoms with van der Waals surface area (Å²) in [6, 6.07) is 0. The number of halogens is 3. The summed E-state index contributed by atoms with van der Waals surface area (Å²) in [7, 11) is 0. The van der Waals surface area contributed by atoms with Crippen LogP contribution in [0.4, 0.5) is 13.2 Å². The van der Waals surface area contributed by atoms with Gasteiger partial charge < -0.3 is 5.32 Å². The molecule has 0 rings (SSSR count). The summed E-state index contributed by atoms with van der Waals surface area (Å²) in [5.41, 5.74) is -4.10. The van der Waals surface area contributed by atoms with Crippen molar-refractivity contribution in [3.05, 3.63) is 12.7 Å². The topological polar surface area (TPSA) is 12.0 Å². The van der Waals surface area contributed by atoms with Crippen LogP contribution >= 0.6 is 11.8 Å². The fourth-order valence-electron chi connectivity index (χ4n) is 0.443. The minimum atomic E-state index is -4.10. The number of hydrogen-bond donors (Lipinski definition) is 1. The van der Waals surface area contributed by atoms with E-state index in [1.165, 1.54) is 0 Å². The smallest absolute Gasteiger partial charge is 0.312 e. The molecule has 1 nitrogen and oxygen atoms in total. The molecule has 0 heterocycles. The molecule has 0 aromatic heterocycles.